The van der Waals surface area contributed by atoms with Crippen LogP contribution in [0.2, 0.25) is 0 Å². The van der Waals surface area contributed by atoms with Crippen LogP contribution in [0.25, 0.3) is 6.08 Å². The van der Waals surface area contributed by atoms with Gasteiger partial charge in [-0.3, -0.25) is 9.59 Å². The largest absolute Gasteiger partial charge is 0.352 e. The Morgan fingerprint density at radius 2 is 1.29 bits per heavy atom. The summed E-state index contributed by atoms with van der Waals surface area (Å²) in [7, 11) is 0. The number of rotatable bonds is 9. The maximum atomic E-state index is 13.3. The molecule has 0 spiro atoms. The number of carbonyl (C=O) groups excluding carboxylic acids is 2. The van der Waals surface area contributed by atoms with Gasteiger partial charge in [-0.05, 0) is 40.5 Å². The van der Waals surface area contributed by atoms with Gasteiger partial charge in [-0.1, -0.05) is 103 Å². The van der Waals surface area contributed by atoms with Crippen LogP contribution in [0.5, 0.6) is 0 Å². The average Bonchev–Trinajstić information content (AvgIpc) is 2.91. The van der Waals surface area contributed by atoms with E-state index in [9.17, 15) is 9.59 Å². The van der Waals surface area contributed by atoms with E-state index in [1.165, 1.54) is 0 Å². The quantitative estimate of drug-likeness (QED) is 0.321. The first-order valence-corrected chi connectivity index (χ1v) is 11.7. The van der Waals surface area contributed by atoms with Crippen LogP contribution in [-0.2, 0) is 29.1 Å². The number of benzene rings is 4. The first-order valence-electron chi connectivity index (χ1n) is 11.7. The van der Waals surface area contributed by atoms with E-state index >= 15 is 0 Å². The molecule has 0 atom stereocenters. The third-order valence-corrected chi connectivity index (χ3v) is 5.59. The number of hydrogen-bond acceptors (Lipinski definition) is 2. The third-order valence-electron chi connectivity index (χ3n) is 5.59. The minimum atomic E-state index is -0.122. The topological polar surface area (TPSA) is 49.4 Å². The predicted molar refractivity (Wildman–Crippen MR) is 142 cm³/mol. The molecule has 4 aromatic carbocycles. The molecule has 4 rings (SSSR count). The molecule has 0 bridgehead atoms. The number of hydrogen-bond donors (Lipinski definition) is 1. The second-order valence-corrected chi connectivity index (χ2v) is 8.26. The maximum Gasteiger partial charge on any atom is 0.251 e. The Morgan fingerprint density at radius 1 is 0.686 bits per heavy atom. The van der Waals surface area contributed by atoms with Crippen molar-refractivity contribution in [2.75, 3.05) is 4.90 Å². The summed E-state index contributed by atoms with van der Waals surface area (Å²) in [5.41, 5.74) is 4.65. The molecule has 0 aliphatic carbocycles. The van der Waals surface area contributed by atoms with Crippen LogP contribution >= 0.6 is 0 Å². The fourth-order valence-electron chi connectivity index (χ4n) is 3.76. The molecule has 0 aliphatic rings. The smallest absolute Gasteiger partial charge is 0.251 e. The summed E-state index contributed by atoms with van der Waals surface area (Å²) in [6.45, 7) is 0.921. The molecule has 4 heteroatoms. The van der Waals surface area contributed by atoms with E-state index in [-0.39, 0.29) is 18.2 Å². The van der Waals surface area contributed by atoms with Crippen LogP contribution in [0.4, 0.5) is 5.69 Å². The number of nitrogens with one attached hydrogen (secondary N) is 1. The summed E-state index contributed by atoms with van der Waals surface area (Å²) < 4.78 is 0. The Morgan fingerprint density at radius 3 is 1.97 bits per heavy atom. The highest BCUT2D eigenvalue weighted by molar-refractivity contribution is 6.03. The van der Waals surface area contributed by atoms with Crippen LogP contribution in [0.3, 0.4) is 0 Å². The van der Waals surface area contributed by atoms with Gasteiger partial charge in [0.2, 0.25) is 5.91 Å². The van der Waals surface area contributed by atoms with E-state index in [1.54, 1.807) is 11.0 Å². The Labute approximate surface area is 206 Å². The molecule has 0 saturated carbocycles. The number of amides is 2. The molecule has 0 aromatic heterocycles. The van der Waals surface area contributed by atoms with Crippen molar-refractivity contribution in [1.82, 2.24) is 5.32 Å². The van der Waals surface area contributed by atoms with E-state index in [4.69, 9.17) is 0 Å². The lowest BCUT2D eigenvalue weighted by Gasteiger charge is -2.22. The van der Waals surface area contributed by atoms with Gasteiger partial charge in [0.1, 0.15) is 0 Å². The van der Waals surface area contributed by atoms with Crippen molar-refractivity contribution in [1.29, 1.82) is 0 Å². The van der Waals surface area contributed by atoms with Crippen LogP contribution < -0.4 is 10.2 Å². The zero-order chi connectivity index (χ0) is 24.3. The van der Waals surface area contributed by atoms with Gasteiger partial charge in [0.05, 0.1) is 13.0 Å². The van der Waals surface area contributed by atoms with Crippen LogP contribution in [0, 0.1) is 0 Å². The van der Waals surface area contributed by atoms with Gasteiger partial charge in [0, 0.05) is 18.3 Å². The summed E-state index contributed by atoms with van der Waals surface area (Å²) in [5, 5.41) is 2.97. The second kappa shape index (κ2) is 12.1. The van der Waals surface area contributed by atoms with Crippen LogP contribution in [-0.4, -0.2) is 11.8 Å². The highest BCUT2D eigenvalue weighted by atomic mass is 16.2. The molecule has 1 N–H and O–H groups in total. The molecule has 2 amide bonds. The Hall–Kier alpha value is -4.44. The SMILES string of the molecule is O=C(Cc1cccc(N(Cc2ccccc2)C(=O)C=Cc2ccccc2)c1)NCc1ccccc1. The number of carbonyl (C=O) groups is 2. The standard InChI is InChI=1S/C31H28N2O2/c34-30(32-23-26-13-6-2-7-14-26)22-28-17-10-18-29(21-28)33(24-27-15-8-3-9-16-27)31(35)20-19-25-11-4-1-5-12-25/h1-21H,22-24H2,(H,32,34). The molecule has 0 heterocycles. The molecule has 0 radical (unpaired) electrons. The normalized spacial score (nSPS) is 10.7. The molecule has 4 nitrogen and oxygen atoms in total. The van der Waals surface area contributed by atoms with Gasteiger partial charge in [0.15, 0.2) is 0 Å². The van der Waals surface area contributed by atoms with E-state index in [1.807, 2.05) is 121 Å². The van der Waals surface area contributed by atoms with E-state index in [0.29, 0.717) is 13.1 Å². The van der Waals surface area contributed by atoms with Crippen LogP contribution in [0.15, 0.2) is 121 Å². The average molecular weight is 461 g/mol. The Kier molecular flexibility index (Phi) is 8.23. The van der Waals surface area contributed by atoms with Crippen molar-refractivity contribution < 1.29 is 9.59 Å². The summed E-state index contributed by atoms with van der Waals surface area (Å²) in [5.74, 6) is -0.181. The zero-order valence-corrected chi connectivity index (χ0v) is 19.5. The molecule has 0 unspecified atom stereocenters. The number of anilines is 1. The summed E-state index contributed by atoms with van der Waals surface area (Å²) in [6.07, 6.45) is 3.66. The third kappa shape index (κ3) is 7.27. The lowest BCUT2D eigenvalue weighted by Crippen LogP contribution is -2.29. The van der Waals surface area contributed by atoms with Crippen LogP contribution in [0.1, 0.15) is 22.3 Å². The van der Waals surface area contributed by atoms with Crippen molar-refractivity contribution in [2.45, 2.75) is 19.5 Å². The lowest BCUT2D eigenvalue weighted by atomic mass is 10.1. The molecule has 4 aromatic rings. The fourth-order valence-corrected chi connectivity index (χ4v) is 3.76. The summed E-state index contributed by atoms with van der Waals surface area (Å²) in [4.78, 5) is 27.6. The first-order chi connectivity index (χ1) is 17.2. The minimum absolute atomic E-state index is 0.0593. The van der Waals surface area contributed by atoms with Crippen molar-refractivity contribution >= 4 is 23.6 Å². The van der Waals surface area contributed by atoms with E-state index < -0.39 is 0 Å². The molecule has 0 saturated heterocycles. The van der Waals surface area contributed by atoms with Crippen molar-refractivity contribution in [3.05, 3.63) is 144 Å². The highest BCUT2D eigenvalue weighted by Crippen LogP contribution is 2.21. The first kappa shape index (κ1) is 23.7. The second-order valence-electron chi connectivity index (χ2n) is 8.26. The van der Waals surface area contributed by atoms with Gasteiger partial charge >= 0.3 is 0 Å². The van der Waals surface area contributed by atoms with E-state index in [0.717, 1.165) is 27.9 Å². The summed E-state index contributed by atoms with van der Waals surface area (Å²) >= 11 is 0. The Bertz CT molecular complexity index is 1270. The summed E-state index contributed by atoms with van der Waals surface area (Å²) in [6, 6.07) is 37.1. The van der Waals surface area contributed by atoms with Gasteiger partial charge in [-0.15, -0.1) is 0 Å². The Balaban J connectivity index is 1.50. The maximum absolute atomic E-state index is 13.3. The van der Waals surface area contributed by atoms with Gasteiger partial charge < -0.3 is 10.2 Å². The van der Waals surface area contributed by atoms with Crippen molar-refractivity contribution in [3.63, 3.8) is 0 Å². The molecular formula is C31H28N2O2. The highest BCUT2D eigenvalue weighted by Gasteiger charge is 2.15. The molecule has 35 heavy (non-hydrogen) atoms. The molecular weight excluding hydrogens is 432 g/mol. The molecule has 174 valence electrons. The predicted octanol–water partition coefficient (Wildman–Crippen LogP) is 5.79. The van der Waals surface area contributed by atoms with Gasteiger partial charge in [-0.2, -0.15) is 0 Å². The monoisotopic (exact) mass is 460 g/mol. The zero-order valence-electron chi connectivity index (χ0n) is 19.5. The van der Waals surface area contributed by atoms with Gasteiger partial charge in [0.25, 0.3) is 5.91 Å². The van der Waals surface area contributed by atoms with Gasteiger partial charge in [-0.25, -0.2) is 0 Å². The fraction of sp³-hybridized carbons (Fsp3) is 0.0968. The van der Waals surface area contributed by atoms with Crippen molar-refractivity contribution in [2.24, 2.45) is 0 Å². The van der Waals surface area contributed by atoms with E-state index in [2.05, 4.69) is 5.32 Å². The minimum Gasteiger partial charge on any atom is -0.352 e. The lowest BCUT2D eigenvalue weighted by molar-refractivity contribution is -0.120. The van der Waals surface area contributed by atoms with Crippen molar-refractivity contribution in [3.8, 4) is 0 Å². The molecule has 0 fully saturated rings. The molecule has 0 aliphatic heterocycles. The number of nitrogens with zero attached hydrogens (tertiary/aromatic N) is 1.